The molecule has 0 aliphatic rings. The van der Waals surface area contributed by atoms with E-state index in [9.17, 15) is 0 Å². The SMILES string of the molecule is C.Cc1ccc(-n2ccnc2)cc1. The van der Waals surface area contributed by atoms with E-state index in [1.165, 1.54) is 5.56 Å². The lowest BCUT2D eigenvalue weighted by Gasteiger charge is -2.00. The lowest BCUT2D eigenvalue weighted by molar-refractivity contribution is 1.06. The van der Waals surface area contributed by atoms with Crippen LogP contribution in [0.25, 0.3) is 5.69 Å². The van der Waals surface area contributed by atoms with Crippen molar-refractivity contribution in [1.29, 1.82) is 0 Å². The van der Waals surface area contributed by atoms with Crippen LogP contribution in [0.3, 0.4) is 0 Å². The Balaban J connectivity index is 0.000000845. The highest BCUT2D eigenvalue weighted by Gasteiger charge is 1.92. The number of benzene rings is 1. The number of aryl methyl sites for hydroxylation is 1. The van der Waals surface area contributed by atoms with Crippen molar-refractivity contribution in [2.75, 3.05) is 0 Å². The van der Waals surface area contributed by atoms with Crippen LogP contribution in [0, 0.1) is 6.92 Å². The summed E-state index contributed by atoms with van der Waals surface area (Å²) in [6.45, 7) is 2.08. The average molecular weight is 174 g/mol. The van der Waals surface area contributed by atoms with E-state index in [-0.39, 0.29) is 7.43 Å². The highest BCUT2D eigenvalue weighted by atomic mass is 15.0. The third-order valence-corrected chi connectivity index (χ3v) is 1.84. The predicted molar refractivity (Wildman–Crippen MR) is 55.0 cm³/mol. The Morgan fingerprint density at radius 2 is 1.85 bits per heavy atom. The molecule has 1 aromatic heterocycles. The number of nitrogens with zero attached hydrogens (tertiary/aromatic N) is 2. The minimum Gasteiger partial charge on any atom is -0.306 e. The topological polar surface area (TPSA) is 17.8 Å². The smallest absolute Gasteiger partial charge is 0.0991 e. The Bertz CT molecular complexity index is 346. The minimum atomic E-state index is 0. The molecule has 0 radical (unpaired) electrons. The molecule has 0 saturated heterocycles. The van der Waals surface area contributed by atoms with Crippen LogP contribution in [-0.4, -0.2) is 9.55 Å². The molecule has 2 aromatic rings. The number of hydrogen-bond acceptors (Lipinski definition) is 1. The summed E-state index contributed by atoms with van der Waals surface area (Å²) < 4.78 is 1.99. The van der Waals surface area contributed by atoms with Gasteiger partial charge in [-0.05, 0) is 19.1 Å². The second kappa shape index (κ2) is 3.90. The van der Waals surface area contributed by atoms with Gasteiger partial charge < -0.3 is 4.57 Å². The summed E-state index contributed by atoms with van der Waals surface area (Å²) in [4.78, 5) is 3.98. The normalized spacial score (nSPS) is 9.31. The number of rotatable bonds is 1. The van der Waals surface area contributed by atoms with Gasteiger partial charge in [-0.2, -0.15) is 0 Å². The summed E-state index contributed by atoms with van der Waals surface area (Å²) in [7, 11) is 0. The number of hydrogen-bond donors (Lipinski definition) is 0. The molecule has 0 aliphatic carbocycles. The van der Waals surface area contributed by atoms with Gasteiger partial charge in [0.2, 0.25) is 0 Å². The summed E-state index contributed by atoms with van der Waals surface area (Å²) in [5.41, 5.74) is 2.43. The average Bonchev–Trinajstić information content (AvgIpc) is 2.58. The molecule has 0 saturated carbocycles. The van der Waals surface area contributed by atoms with E-state index in [0.29, 0.717) is 0 Å². The Morgan fingerprint density at radius 1 is 1.15 bits per heavy atom. The Hall–Kier alpha value is -1.57. The number of imidazole rings is 1. The van der Waals surface area contributed by atoms with Crippen LogP contribution in [0.15, 0.2) is 43.0 Å². The van der Waals surface area contributed by atoms with Crippen LogP contribution in [0.5, 0.6) is 0 Å². The van der Waals surface area contributed by atoms with E-state index in [4.69, 9.17) is 0 Å². The standard InChI is InChI=1S/C10H10N2.CH4/c1-9-2-4-10(5-3-9)12-7-6-11-8-12;/h2-8H,1H3;1H4. The largest absolute Gasteiger partial charge is 0.306 e. The summed E-state index contributed by atoms with van der Waals surface area (Å²) in [5, 5.41) is 0. The Labute approximate surface area is 78.9 Å². The van der Waals surface area contributed by atoms with Crippen LogP contribution in [0.2, 0.25) is 0 Å². The highest BCUT2D eigenvalue weighted by Crippen LogP contribution is 2.07. The molecular weight excluding hydrogens is 160 g/mol. The molecule has 2 heteroatoms. The van der Waals surface area contributed by atoms with Crippen LogP contribution in [-0.2, 0) is 0 Å². The second-order valence-corrected chi connectivity index (χ2v) is 2.81. The van der Waals surface area contributed by atoms with Crippen LogP contribution in [0.4, 0.5) is 0 Å². The molecule has 0 fully saturated rings. The van der Waals surface area contributed by atoms with Crippen LogP contribution < -0.4 is 0 Å². The van der Waals surface area contributed by atoms with Crippen molar-refractivity contribution in [2.24, 2.45) is 0 Å². The highest BCUT2D eigenvalue weighted by molar-refractivity contribution is 5.33. The van der Waals surface area contributed by atoms with E-state index in [0.717, 1.165) is 5.69 Å². The van der Waals surface area contributed by atoms with E-state index < -0.39 is 0 Å². The maximum absolute atomic E-state index is 3.98. The van der Waals surface area contributed by atoms with E-state index in [1.807, 2.05) is 10.8 Å². The lowest BCUT2D eigenvalue weighted by Crippen LogP contribution is -1.88. The molecule has 0 unspecified atom stereocenters. The van der Waals surface area contributed by atoms with Gasteiger partial charge in [0.15, 0.2) is 0 Å². The van der Waals surface area contributed by atoms with Gasteiger partial charge in [-0.25, -0.2) is 4.98 Å². The molecule has 0 N–H and O–H groups in total. The van der Waals surface area contributed by atoms with Gasteiger partial charge in [-0.3, -0.25) is 0 Å². The third-order valence-electron chi connectivity index (χ3n) is 1.84. The van der Waals surface area contributed by atoms with Gasteiger partial charge in [0, 0.05) is 18.1 Å². The summed E-state index contributed by atoms with van der Waals surface area (Å²) >= 11 is 0. The van der Waals surface area contributed by atoms with E-state index in [1.54, 1.807) is 12.5 Å². The fourth-order valence-corrected chi connectivity index (χ4v) is 1.13. The molecule has 0 aliphatic heterocycles. The first-order valence-corrected chi connectivity index (χ1v) is 3.91. The van der Waals surface area contributed by atoms with Crippen LogP contribution in [0.1, 0.15) is 13.0 Å². The number of aromatic nitrogens is 2. The monoisotopic (exact) mass is 174 g/mol. The van der Waals surface area contributed by atoms with Gasteiger partial charge in [0.05, 0.1) is 6.33 Å². The molecule has 2 rings (SSSR count). The van der Waals surface area contributed by atoms with Crippen molar-refractivity contribution in [2.45, 2.75) is 14.4 Å². The molecule has 1 aromatic carbocycles. The summed E-state index contributed by atoms with van der Waals surface area (Å²) in [5.74, 6) is 0. The van der Waals surface area contributed by atoms with Crippen molar-refractivity contribution in [3.63, 3.8) is 0 Å². The summed E-state index contributed by atoms with van der Waals surface area (Å²) in [6, 6.07) is 8.35. The van der Waals surface area contributed by atoms with E-state index >= 15 is 0 Å². The van der Waals surface area contributed by atoms with Gasteiger partial charge in [-0.1, -0.05) is 25.1 Å². The van der Waals surface area contributed by atoms with Crippen molar-refractivity contribution < 1.29 is 0 Å². The zero-order chi connectivity index (χ0) is 8.39. The Kier molecular flexibility index (Phi) is 2.85. The minimum absolute atomic E-state index is 0. The lowest BCUT2D eigenvalue weighted by atomic mass is 10.2. The van der Waals surface area contributed by atoms with Gasteiger partial charge in [0.1, 0.15) is 0 Å². The van der Waals surface area contributed by atoms with E-state index in [2.05, 4.69) is 36.2 Å². The first kappa shape index (κ1) is 9.52. The van der Waals surface area contributed by atoms with Crippen molar-refractivity contribution >= 4 is 0 Å². The summed E-state index contributed by atoms with van der Waals surface area (Å²) in [6.07, 6.45) is 5.51. The molecule has 0 atom stereocenters. The molecule has 68 valence electrons. The van der Waals surface area contributed by atoms with Crippen molar-refractivity contribution in [3.05, 3.63) is 48.5 Å². The molecule has 2 nitrogen and oxygen atoms in total. The first-order chi connectivity index (χ1) is 5.86. The van der Waals surface area contributed by atoms with Crippen molar-refractivity contribution in [3.8, 4) is 5.69 Å². The fraction of sp³-hybridized carbons (Fsp3) is 0.182. The molecular formula is C11H14N2. The van der Waals surface area contributed by atoms with Crippen LogP contribution >= 0.6 is 0 Å². The van der Waals surface area contributed by atoms with Crippen molar-refractivity contribution in [1.82, 2.24) is 9.55 Å². The zero-order valence-corrected chi connectivity index (χ0v) is 6.94. The van der Waals surface area contributed by atoms with Gasteiger partial charge in [0.25, 0.3) is 0 Å². The fourth-order valence-electron chi connectivity index (χ4n) is 1.13. The first-order valence-electron chi connectivity index (χ1n) is 3.91. The molecule has 0 amide bonds. The second-order valence-electron chi connectivity index (χ2n) is 2.81. The zero-order valence-electron chi connectivity index (χ0n) is 6.94. The molecule has 1 heterocycles. The molecule has 0 spiro atoms. The quantitative estimate of drug-likeness (QED) is 0.650. The Morgan fingerprint density at radius 3 is 2.38 bits per heavy atom. The molecule has 0 bridgehead atoms. The predicted octanol–water partition coefficient (Wildman–Crippen LogP) is 2.82. The maximum atomic E-state index is 3.98. The van der Waals surface area contributed by atoms with Gasteiger partial charge in [-0.15, -0.1) is 0 Å². The van der Waals surface area contributed by atoms with Gasteiger partial charge >= 0.3 is 0 Å². The molecule has 13 heavy (non-hydrogen) atoms. The third kappa shape index (κ3) is 1.96. The maximum Gasteiger partial charge on any atom is 0.0991 e.